The molecule has 2 fully saturated rings. The van der Waals surface area contributed by atoms with Crippen molar-refractivity contribution < 1.29 is 60.4 Å². The number of carbonyl (C=O) groups excluding carboxylic acids is 1. The summed E-state index contributed by atoms with van der Waals surface area (Å²) in [5, 5.41) is 14.2. The molecule has 1 aromatic carbocycles. The molecule has 2 atom stereocenters. The number of piperidine rings is 1. The molecule has 3 aliphatic heterocycles. The van der Waals surface area contributed by atoms with Crippen molar-refractivity contribution in [3.8, 4) is 11.5 Å². The van der Waals surface area contributed by atoms with Gasteiger partial charge < -0.3 is 29.5 Å². The average molecular weight is 573 g/mol. The Hall–Kier alpha value is -3.27. The van der Waals surface area contributed by atoms with E-state index in [2.05, 4.69) is 40.9 Å². The van der Waals surface area contributed by atoms with Crippen LogP contribution in [0.25, 0.3) is 0 Å². The predicted molar refractivity (Wildman–Crippen MR) is 122 cm³/mol. The van der Waals surface area contributed by atoms with Crippen molar-refractivity contribution in [2.75, 3.05) is 40.5 Å². The Kier molecular flexibility index (Phi) is 10.8. The fourth-order valence-corrected chi connectivity index (χ4v) is 4.31. The monoisotopic (exact) mass is 573 g/mol. The number of nitrogens with zero attached hydrogens (tertiary/aromatic N) is 3. The molecule has 0 aromatic heterocycles. The summed E-state index contributed by atoms with van der Waals surface area (Å²) in [7, 11) is 4.12. The molecule has 39 heavy (non-hydrogen) atoms. The predicted octanol–water partition coefficient (Wildman–Crippen LogP) is 2.81. The van der Waals surface area contributed by atoms with Crippen LogP contribution in [-0.4, -0.2) is 108 Å². The lowest BCUT2D eigenvalue weighted by molar-refractivity contribution is -0.193. The molecular weight excluding hydrogens is 544 g/mol. The second-order valence-electron chi connectivity index (χ2n) is 9.12. The van der Waals surface area contributed by atoms with Gasteiger partial charge in [-0.3, -0.25) is 9.69 Å². The fourth-order valence-electron chi connectivity index (χ4n) is 4.31. The first-order valence-electron chi connectivity index (χ1n) is 11.7. The smallest absolute Gasteiger partial charge is 0.475 e. The van der Waals surface area contributed by atoms with Gasteiger partial charge in [0, 0.05) is 44.7 Å². The van der Waals surface area contributed by atoms with E-state index in [1.165, 1.54) is 5.56 Å². The van der Waals surface area contributed by atoms with Crippen LogP contribution in [0.2, 0.25) is 0 Å². The highest BCUT2D eigenvalue weighted by molar-refractivity contribution is 5.77. The van der Waals surface area contributed by atoms with Crippen molar-refractivity contribution in [2.24, 2.45) is 0 Å². The Balaban J connectivity index is 0.000000317. The van der Waals surface area contributed by atoms with E-state index >= 15 is 0 Å². The van der Waals surface area contributed by atoms with Gasteiger partial charge in [0.1, 0.15) is 0 Å². The lowest BCUT2D eigenvalue weighted by Gasteiger charge is -2.40. The van der Waals surface area contributed by atoms with Crippen molar-refractivity contribution in [3.05, 3.63) is 23.8 Å². The Morgan fingerprint density at radius 1 is 0.974 bits per heavy atom. The van der Waals surface area contributed by atoms with Gasteiger partial charge in [0.15, 0.2) is 11.5 Å². The average Bonchev–Trinajstić information content (AvgIpc) is 3.44. The van der Waals surface area contributed by atoms with E-state index in [-0.39, 0.29) is 0 Å². The second-order valence-corrected chi connectivity index (χ2v) is 9.12. The number of aliphatic carboxylic acids is 2. The molecule has 1 aromatic rings. The van der Waals surface area contributed by atoms with Gasteiger partial charge in [0.05, 0.1) is 0 Å². The SMILES string of the molecule is CN(C)CCN1C(=O)CC[C@@H]2[C@H]1CCN2Cc1ccc2c(c1)OCO2.O=C(O)C(F)(F)F.O=C(O)C(F)(F)F. The zero-order chi connectivity index (χ0) is 29.5. The van der Waals surface area contributed by atoms with Crippen molar-refractivity contribution in [1.82, 2.24) is 14.7 Å². The minimum atomic E-state index is -5.08. The molecule has 16 heteroatoms. The fraction of sp³-hybridized carbons (Fsp3) is 0.609. The van der Waals surface area contributed by atoms with Crippen LogP contribution < -0.4 is 9.47 Å². The molecule has 0 aliphatic carbocycles. The molecule has 3 heterocycles. The third kappa shape index (κ3) is 9.45. The van der Waals surface area contributed by atoms with Gasteiger partial charge in [0.25, 0.3) is 0 Å². The van der Waals surface area contributed by atoms with E-state index in [1.54, 1.807) is 0 Å². The minimum absolute atomic E-state index is 0.316. The summed E-state index contributed by atoms with van der Waals surface area (Å²) in [6.45, 7) is 4.04. The number of alkyl halides is 6. The van der Waals surface area contributed by atoms with Crippen LogP contribution in [0.5, 0.6) is 11.5 Å². The summed E-state index contributed by atoms with van der Waals surface area (Å²) >= 11 is 0. The lowest BCUT2D eigenvalue weighted by Crippen LogP contribution is -2.53. The first-order chi connectivity index (χ1) is 18.0. The van der Waals surface area contributed by atoms with Crippen molar-refractivity contribution in [1.29, 1.82) is 0 Å². The van der Waals surface area contributed by atoms with E-state index in [4.69, 9.17) is 29.3 Å². The number of halogens is 6. The largest absolute Gasteiger partial charge is 0.490 e. The molecule has 1 amide bonds. The summed E-state index contributed by atoms with van der Waals surface area (Å²) < 4.78 is 74.4. The van der Waals surface area contributed by atoms with Gasteiger partial charge in [-0.1, -0.05) is 6.07 Å². The molecule has 10 nitrogen and oxygen atoms in total. The highest BCUT2D eigenvalue weighted by Gasteiger charge is 2.43. The van der Waals surface area contributed by atoms with Crippen LogP contribution >= 0.6 is 0 Å². The Morgan fingerprint density at radius 2 is 1.54 bits per heavy atom. The molecule has 0 saturated carbocycles. The maximum absolute atomic E-state index is 12.4. The molecule has 220 valence electrons. The van der Waals surface area contributed by atoms with Gasteiger partial charge >= 0.3 is 24.3 Å². The van der Waals surface area contributed by atoms with Crippen molar-refractivity contribution in [3.63, 3.8) is 0 Å². The quantitative estimate of drug-likeness (QED) is 0.513. The van der Waals surface area contributed by atoms with E-state index in [0.29, 0.717) is 31.2 Å². The first-order valence-corrected chi connectivity index (χ1v) is 11.7. The van der Waals surface area contributed by atoms with Crippen LogP contribution in [0.15, 0.2) is 18.2 Å². The van der Waals surface area contributed by atoms with Crippen molar-refractivity contribution in [2.45, 2.75) is 50.2 Å². The summed E-state index contributed by atoms with van der Waals surface area (Å²) in [6, 6.07) is 7.06. The van der Waals surface area contributed by atoms with E-state index in [1.807, 2.05) is 6.07 Å². The first kappa shape index (κ1) is 31.9. The number of amides is 1. The van der Waals surface area contributed by atoms with Gasteiger partial charge in [0.2, 0.25) is 12.7 Å². The van der Waals surface area contributed by atoms with Crippen LogP contribution in [-0.2, 0) is 20.9 Å². The molecule has 3 aliphatic rings. The number of carboxylic acids is 2. The van der Waals surface area contributed by atoms with E-state index in [9.17, 15) is 31.1 Å². The lowest BCUT2D eigenvalue weighted by atomic mass is 9.96. The number of hydrogen-bond donors (Lipinski definition) is 2. The topological polar surface area (TPSA) is 120 Å². The third-order valence-electron chi connectivity index (χ3n) is 6.10. The molecule has 2 saturated heterocycles. The maximum atomic E-state index is 12.4. The number of likely N-dealkylation sites (tertiary alicyclic amines) is 2. The minimum Gasteiger partial charge on any atom is -0.475 e. The van der Waals surface area contributed by atoms with Gasteiger partial charge in [-0.25, -0.2) is 9.59 Å². The maximum Gasteiger partial charge on any atom is 0.490 e. The zero-order valence-electron chi connectivity index (χ0n) is 21.1. The van der Waals surface area contributed by atoms with E-state index in [0.717, 1.165) is 50.5 Å². The van der Waals surface area contributed by atoms with Gasteiger partial charge in [-0.05, 0) is 44.6 Å². The van der Waals surface area contributed by atoms with Crippen LogP contribution in [0.4, 0.5) is 26.3 Å². The highest BCUT2D eigenvalue weighted by Crippen LogP contribution is 2.35. The Bertz CT molecular complexity index is 995. The molecular formula is C23H29F6N3O7. The highest BCUT2D eigenvalue weighted by atomic mass is 19.4. The van der Waals surface area contributed by atoms with Crippen LogP contribution in [0.1, 0.15) is 24.8 Å². The summed E-state index contributed by atoms with van der Waals surface area (Å²) in [5.74, 6) is -3.51. The summed E-state index contributed by atoms with van der Waals surface area (Å²) in [5.41, 5.74) is 1.25. The summed E-state index contributed by atoms with van der Waals surface area (Å²) in [6.07, 6.45) is -7.44. The normalized spacial score (nSPS) is 20.5. The third-order valence-corrected chi connectivity index (χ3v) is 6.10. The second kappa shape index (κ2) is 13.2. The number of benzene rings is 1. The van der Waals surface area contributed by atoms with Gasteiger partial charge in [-0.15, -0.1) is 0 Å². The zero-order valence-corrected chi connectivity index (χ0v) is 21.1. The number of carbonyl (C=O) groups is 3. The molecule has 0 radical (unpaired) electrons. The van der Waals surface area contributed by atoms with Crippen LogP contribution in [0, 0.1) is 0 Å². The number of carboxylic acid groups (broad SMARTS) is 2. The van der Waals surface area contributed by atoms with Crippen molar-refractivity contribution >= 4 is 17.8 Å². The number of hydrogen-bond acceptors (Lipinski definition) is 7. The molecule has 4 rings (SSSR count). The standard InChI is InChI=1S/C19H27N3O3.2C2HF3O2/c1-20(2)9-10-22-16-7-8-21(15(16)4-6-19(22)23)12-14-3-5-17-18(11-14)25-13-24-17;2*3-2(4,5)1(6)7/h3,5,11,15-16H,4,6-10,12-13H2,1-2H3;2*(H,6,7)/t15-,16-;;/m1../s1. The van der Waals surface area contributed by atoms with Gasteiger partial charge in [-0.2, -0.15) is 26.3 Å². The number of ether oxygens (including phenoxy) is 2. The Labute approximate surface area is 219 Å². The number of fused-ring (bicyclic) bond motifs is 2. The summed E-state index contributed by atoms with van der Waals surface area (Å²) in [4.78, 5) is 37.0. The molecule has 2 N–H and O–H groups in total. The molecule has 0 spiro atoms. The van der Waals surface area contributed by atoms with Crippen LogP contribution in [0.3, 0.4) is 0 Å². The Morgan fingerprint density at radius 3 is 2.08 bits per heavy atom. The molecule has 0 bridgehead atoms. The number of likely N-dealkylation sites (N-methyl/N-ethyl adjacent to an activating group) is 1. The van der Waals surface area contributed by atoms with E-state index < -0.39 is 24.3 Å². The number of rotatable bonds is 5. The molecule has 0 unspecified atom stereocenters.